The first kappa shape index (κ1) is 12.8. The summed E-state index contributed by atoms with van der Waals surface area (Å²) in [6.07, 6.45) is 4.04. The van der Waals surface area contributed by atoms with Gasteiger partial charge in [0, 0.05) is 19.6 Å². The molecule has 1 heterocycles. The maximum absolute atomic E-state index is 5.40. The van der Waals surface area contributed by atoms with Crippen LogP contribution in [0.15, 0.2) is 18.2 Å². The molecule has 1 aromatic carbocycles. The molecular weight excluding hydrogens is 240 g/mol. The standard InChI is InChI=1S/C15H22N2O2/c1-16-9-15(5-2-6-15)10-17-8-12-3-4-13-14(7-12)19-11-18-13/h3-4,7,16-17H,2,5-6,8-11H2,1H3. The molecule has 0 saturated heterocycles. The quantitative estimate of drug-likeness (QED) is 0.821. The number of fused-ring (bicyclic) bond motifs is 1. The van der Waals surface area contributed by atoms with Crippen molar-refractivity contribution in [1.29, 1.82) is 0 Å². The van der Waals surface area contributed by atoms with Crippen molar-refractivity contribution in [2.45, 2.75) is 25.8 Å². The Hall–Kier alpha value is -1.26. The highest BCUT2D eigenvalue weighted by Crippen LogP contribution is 2.39. The lowest BCUT2D eigenvalue weighted by atomic mass is 9.68. The van der Waals surface area contributed by atoms with E-state index in [0.29, 0.717) is 12.2 Å². The number of hydrogen-bond donors (Lipinski definition) is 2. The first-order valence-electron chi connectivity index (χ1n) is 7.05. The molecule has 3 rings (SSSR count). The van der Waals surface area contributed by atoms with E-state index in [1.54, 1.807) is 0 Å². The zero-order valence-electron chi connectivity index (χ0n) is 11.5. The maximum atomic E-state index is 5.40. The molecule has 4 heteroatoms. The number of rotatable bonds is 6. The van der Waals surface area contributed by atoms with Gasteiger partial charge in [-0.15, -0.1) is 0 Å². The largest absolute Gasteiger partial charge is 0.454 e. The Kier molecular flexibility index (Phi) is 3.62. The third-order valence-electron chi connectivity index (χ3n) is 4.23. The molecule has 2 aliphatic rings. The van der Waals surface area contributed by atoms with Gasteiger partial charge in [-0.2, -0.15) is 0 Å². The Labute approximate surface area is 114 Å². The average Bonchev–Trinajstić information content (AvgIpc) is 2.83. The highest BCUT2D eigenvalue weighted by Gasteiger charge is 2.35. The van der Waals surface area contributed by atoms with Crippen LogP contribution in [-0.2, 0) is 6.54 Å². The minimum Gasteiger partial charge on any atom is -0.454 e. The van der Waals surface area contributed by atoms with Crippen molar-refractivity contribution in [2.24, 2.45) is 5.41 Å². The number of benzene rings is 1. The molecule has 0 unspecified atom stereocenters. The molecule has 2 N–H and O–H groups in total. The number of nitrogens with one attached hydrogen (secondary N) is 2. The molecule has 104 valence electrons. The van der Waals surface area contributed by atoms with Crippen LogP contribution in [0.25, 0.3) is 0 Å². The minimum absolute atomic E-state index is 0.345. The molecule has 0 aromatic heterocycles. The van der Waals surface area contributed by atoms with Crippen LogP contribution in [0, 0.1) is 5.41 Å². The van der Waals surface area contributed by atoms with Crippen LogP contribution in [0.1, 0.15) is 24.8 Å². The first-order valence-corrected chi connectivity index (χ1v) is 7.05. The van der Waals surface area contributed by atoms with Gasteiger partial charge >= 0.3 is 0 Å². The highest BCUT2D eigenvalue weighted by molar-refractivity contribution is 5.44. The van der Waals surface area contributed by atoms with Crippen LogP contribution in [0.3, 0.4) is 0 Å². The van der Waals surface area contributed by atoms with Gasteiger partial charge in [-0.05, 0) is 43.0 Å². The van der Waals surface area contributed by atoms with Gasteiger partial charge in [-0.3, -0.25) is 0 Å². The normalized spacial score (nSPS) is 19.2. The number of ether oxygens (including phenoxy) is 2. The van der Waals surface area contributed by atoms with Crippen molar-refractivity contribution in [3.63, 3.8) is 0 Å². The van der Waals surface area contributed by atoms with E-state index in [1.807, 2.05) is 13.1 Å². The molecule has 0 amide bonds. The lowest BCUT2D eigenvalue weighted by molar-refractivity contribution is 0.130. The van der Waals surface area contributed by atoms with Crippen molar-refractivity contribution in [3.8, 4) is 11.5 Å². The lowest BCUT2D eigenvalue weighted by Gasteiger charge is -2.42. The van der Waals surface area contributed by atoms with Crippen LogP contribution in [0.5, 0.6) is 11.5 Å². The molecule has 0 radical (unpaired) electrons. The third kappa shape index (κ3) is 2.69. The van der Waals surface area contributed by atoms with Crippen LogP contribution in [0.4, 0.5) is 0 Å². The van der Waals surface area contributed by atoms with E-state index in [9.17, 15) is 0 Å². The summed E-state index contributed by atoms with van der Waals surface area (Å²) in [4.78, 5) is 0. The fraction of sp³-hybridized carbons (Fsp3) is 0.600. The predicted molar refractivity (Wildman–Crippen MR) is 74.5 cm³/mol. The summed E-state index contributed by atoms with van der Waals surface area (Å²) in [5.74, 6) is 1.72. The fourth-order valence-corrected chi connectivity index (χ4v) is 2.99. The maximum Gasteiger partial charge on any atom is 0.231 e. The van der Waals surface area contributed by atoms with Gasteiger partial charge in [0.15, 0.2) is 11.5 Å². The van der Waals surface area contributed by atoms with Gasteiger partial charge in [0.1, 0.15) is 0 Å². The molecule has 1 aliphatic carbocycles. The van der Waals surface area contributed by atoms with E-state index in [4.69, 9.17) is 9.47 Å². The van der Waals surface area contributed by atoms with E-state index in [1.165, 1.54) is 24.8 Å². The van der Waals surface area contributed by atoms with Gasteiger partial charge in [0.05, 0.1) is 0 Å². The summed E-state index contributed by atoms with van der Waals surface area (Å²) < 4.78 is 10.7. The smallest absolute Gasteiger partial charge is 0.231 e. The SMILES string of the molecule is CNCC1(CNCc2ccc3c(c2)OCO3)CCC1. The second kappa shape index (κ2) is 5.39. The van der Waals surface area contributed by atoms with Crippen molar-refractivity contribution in [2.75, 3.05) is 26.9 Å². The summed E-state index contributed by atoms with van der Waals surface area (Å²) in [6, 6.07) is 6.17. The van der Waals surface area contributed by atoms with Crippen LogP contribution in [-0.4, -0.2) is 26.9 Å². The van der Waals surface area contributed by atoms with Crippen LogP contribution < -0.4 is 20.1 Å². The van der Waals surface area contributed by atoms with E-state index in [-0.39, 0.29) is 0 Å². The van der Waals surface area contributed by atoms with E-state index >= 15 is 0 Å². The van der Waals surface area contributed by atoms with Crippen molar-refractivity contribution in [3.05, 3.63) is 23.8 Å². The minimum atomic E-state index is 0.345. The molecule has 1 saturated carbocycles. The molecule has 0 spiro atoms. The second-order valence-electron chi connectivity index (χ2n) is 5.68. The summed E-state index contributed by atoms with van der Waals surface area (Å²) in [5, 5.41) is 6.90. The second-order valence-corrected chi connectivity index (χ2v) is 5.68. The Morgan fingerprint density at radius 3 is 2.74 bits per heavy atom. The topological polar surface area (TPSA) is 42.5 Å². The van der Waals surface area contributed by atoms with Crippen LogP contribution >= 0.6 is 0 Å². The molecule has 1 fully saturated rings. The molecular formula is C15H22N2O2. The highest BCUT2D eigenvalue weighted by atomic mass is 16.7. The van der Waals surface area contributed by atoms with Crippen molar-refractivity contribution < 1.29 is 9.47 Å². The van der Waals surface area contributed by atoms with Gasteiger partial charge in [0.2, 0.25) is 6.79 Å². The predicted octanol–water partition coefficient (Wildman–Crippen LogP) is 1.89. The molecule has 1 aliphatic heterocycles. The van der Waals surface area contributed by atoms with E-state index < -0.39 is 0 Å². The zero-order chi connectivity index (χ0) is 13.1. The van der Waals surface area contributed by atoms with Crippen molar-refractivity contribution in [1.82, 2.24) is 10.6 Å². The van der Waals surface area contributed by atoms with E-state index in [0.717, 1.165) is 31.1 Å². The van der Waals surface area contributed by atoms with Crippen LogP contribution in [0.2, 0.25) is 0 Å². The summed E-state index contributed by atoms with van der Waals surface area (Å²) in [6.45, 7) is 3.43. The van der Waals surface area contributed by atoms with Gasteiger partial charge in [-0.25, -0.2) is 0 Å². The molecule has 4 nitrogen and oxygen atoms in total. The summed E-state index contributed by atoms with van der Waals surface area (Å²) in [5.41, 5.74) is 1.73. The average molecular weight is 262 g/mol. The summed E-state index contributed by atoms with van der Waals surface area (Å²) in [7, 11) is 2.04. The first-order chi connectivity index (χ1) is 9.31. The third-order valence-corrected chi connectivity index (χ3v) is 4.23. The lowest BCUT2D eigenvalue weighted by Crippen LogP contribution is -2.46. The Balaban J connectivity index is 1.52. The molecule has 19 heavy (non-hydrogen) atoms. The molecule has 1 aromatic rings. The van der Waals surface area contributed by atoms with Crippen molar-refractivity contribution >= 4 is 0 Å². The van der Waals surface area contributed by atoms with Gasteiger partial charge < -0.3 is 20.1 Å². The molecule has 0 atom stereocenters. The van der Waals surface area contributed by atoms with Gasteiger partial charge in [0.25, 0.3) is 0 Å². The van der Waals surface area contributed by atoms with Gasteiger partial charge in [-0.1, -0.05) is 12.5 Å². The molecule has 0 bridgehead atoms. The number of hydrogen-bond acceptors (Lipinski definition) is 4. The van der Waals surface area contributed by atoms with E-state index in [2.05, 4.69) is 22.8 Å². The Bertz CT molecular complexity index is 444. The summed E-state index contributed by atoms with van der Waals surface area (Å²) >= 11 is 0. The Morgan fingerprint density at radius 2 is 2.00 bits per heavy atom. The Morgan fingerprint density at radius 1 is 1.16 bits per heavy atom. The monoisotopic (exact) mass is 262 g/mol. The zero-order valence-corrected chi connectivity index (χ0v) is 11.5. The fourth-order valence-electron chi connectivity index (χ4n) is 2.99.